The van der Waals surface area contributed by atoms with E-state index in [9.17, 15) is 4.79 Å². The minimum atomic E-state index is 0.0754. The molecule has 13 heavy (non-hydrogen) atoms. The Bertz CT molecular complexity index is 170. The predicted octanol–water partition coefficient (Wildman–Crippen LogP) is 1.24. The van der Waals surface area contributed by atoms with Crippen molar-refractivity contribution >= 4 is 5.91 Å². The monoisotopic (exact) mass is 186 g/mol. The van der Waals surface area contributed by atoms with E-state index in [1.54, 1.807) is 19.0 Å². The largest absolute Gasteiger partial charge is 0.349 e. The highest BCUT2D eigenvalue weighted by atomic mass is 16.2. The van der Waals surface area contributed by atoms with Crippen molar-refractivity contribution in [2.24, 2.45) is 0 Å². The molecule has 3 nitrogen and oxygen atoms in total. The number of nitrogens with one attached hydrogen (secondary N) is 1. The number of rotatable bonds is 3. The van der Waals surface area contributed by atoms with Crippen molar-refractivity contribution in [3.05, 3.63) is 0 Å². The van der Waals surface area contributed by atoms with Gasteiger partial charge in [-0.3, -0.25) is 4.79 Å². The highest BCUT2D eigenvalue weighted by Crippen LogP contribution is 2.04. The van der Waals surface area contributed by atoms with Gasteiger partial charge in [-0.2, -0.15) is 0 Å². The molecule has 1 unspecified atom stereocenters. The van der Waals surface area contributed by atoms with E-state index in [0.717, 1.165) is 0 Å². The van der Waals surface area contributed by atoms with E-state index in [1.807, 2.05) is 6.92 Å². The molecule has 1 amide bonds. The fourth-order valence-electron chi connectivity index (χ4n) is 1.23. The maximum Gasteiger partial charge on any atom is 0.223 e. The zero-order valence-corrected chi connectivity index (χ0v) is 9.64. The lowest BCUT2D eigenvalue weighted by molar-refractivity contribution is -0.129. The van der Waals surface area contributed by atoms with Crippen LogP contribution in [0.15, 0.2) is 0 Å². The van der Waals surface area contributed by atoms with Gasteiger partial charge in [0.25, 0.3) is 0 Å². The molecule has 1 N–H and O–H groups in total. The first-order valence-electron chi connectivity index (χ1n) is 4.70. The summed E-state index contributed by atoms with van der Waals surface area (Å²) in [7, 11) is 3.57. The van der Waals surface area contributed by atoms with Gasteiger partial charge in [0, 0.05) is 32.1 Å². The van der Waals surface area contributed by atoms with Crippen molar-refractivity contribution in [2.45, 2.75) is 45.7 Å². The number of hydrogen-bond acceptors (Lipinski definition) is 2. The van der Waals surface area contributed by atoms with Crippen LogP contribution >= 0.6 is 0 Å². The van der Waals surface area contributed by atoms with Gasteiger partial charge >= 0.3 is 0 Å². The molecule has 0 saturated heterocycles. The highest BCUT2D eigenvalue weighted by Gasteiger charge is 2.16. The lowest BCUT2D eigenvalue weighted by atomic mass is 10.1. The Morgan fingerprint density at radius 1 is 1.38 bits per heavy atom. The minimum absolute atomic E-state index is 0.0754. The van der Waals surface area contributed by atoms with Crippen LogP contribution in [0.4, 0.5) is 0 Å². The van der Waals surface area contributed by atoms with Crippen LogP contribution in [0.3, 0.4) is 0 Å². The fraction of sp³-hybridized carbons (Fsp3) is 0.900. The molecule has 0 radical (unpaired) electrons. The van der Waals surface area contributed by atoms with Gasteiger partial charge in [-0.1, -0.05) is 0 Å². The van der Waals surface area contributed by atoms with Crippen molar-refractivity contribution in [1.82, 2.24) is 10.2 Å². The molecule has 1 atom stereocenters. The summed E-state index contributed by atoms with van der Waals surface area (Å²) in [4.78, 5) is 13.0. The van der Waals surface area contributed by atoms with E-state index >= 15 is 0 Å². The van der Waals surface area contributed by atoms with Crippen LogP contribution in [0.25, 0.3) is 0 Å². The van der Waals surface area contributed by atoms with Gasteiger partial charge in [-0.05, 0) is 27.7 Å². The molecule has 0 aromatic heterocycles. The fourth-order valence-corrected chi connectivity index (χ4v) is 1.23. The SMILES string of the molecule is CC(CC(=O)N(C)C)NC(C)(C)C. The number of amides is 1. The summed E-state index contributed by atoms with van der Waals surface area (Å²) < 4.78 is 0. The van der Waals surface area contributed by atoms with Crippen molar-refractivity contribution in [3.8, 4) is 0 Å². The smallest absolute Gasteiger partial charge is 0.223 e. The molecule has 0 saturated carbocycles. The van der Waals surface area contributed by atoms with Gasteiger partial charge in [-0.15, -0.1) is 0 Å². The van der Waals surface area contributed by atoms with E-state index in [4.69, 9.17) is 0 Å². The molecule has 0 aliphatic carbocycles. The number of hydrogen-bond donors (Lipinski definition) is 1. The van der Waals surface area contributed by atoms with Crippen LogP contribution in [0.2, 0.25) is 0 Å². The van der Waals surface area contributed by atoms with Crippen LogP contribution < -0.4 is 5.32 Å². The molecule has 0 rings (SSSR count). The summed E-state index contributed by atoms with van der Waals surface area (Å²) in [6, 6.07) is 0.231. The highest BCUT2D eigenvalue weighted by molar-refractivity contribution is 5.76. The maximum atomic E-state index is 11.3. The summed E-state index contributed by atoms with van der Waals surface area (Å²) in [5.74, 6) is 0.171. The first kappa shape index (κ1) is 12.4. The van der Waals surface area contributed by atoms with Gasteiger partial charge in [-0.25, -0.2) is 0 Å². The number of carbonyl (C=O) groups excluding carboxylic acids is 1. The van der Waals surface area contributed by atoms with Gasteiger partial charge in [0.05, 0.1) is 0 Å². The van der Waals surface area contributed by atoms with Crippen molar-refractivity contribution in [1.29, 1.82) is 0 Å². The predicted molar refractivity (Wildman–Crippen MR) is 55.7 cm³/mol. The summed E-state index contributed by atoms with van der Waals surface area (Å²) in [5, 5.41) is 3.36. The standard InChI is InChI=1S/C10H22N2O/c1-8(11-10(2,3)4)7-9(13)12(5)6/h8,11H,7H2,1-6H3. The average molecular weight is 186 g/mol. The second-order valence-electron chi connectivity index (χ2n) is 4.79. The zero-order chi connectivity index (χ0) is 10.6. The maximum absolute atomic E-state index is 11.3. The summed E-state index contributed by atoms with van der Waals surface area (Å²) in [6.07, 6.45) is 0.560. The lowest BCUT2D eigenvalue weighted by Crippen LogP contribution is -2.44. The second kappa shape index (κ2) is 4.61. The van der Waals surface area contributed by atoms with E-state index in [2.05, 4.69) is 26.1 Å². The Labute approximate surface area is 81.5 Å². The Kier molecular flexibility index (Phi) is 4.40. The molecule has 0 bridgehead atoms. The first-order chi connectivity index (χ1) is 5.72. The third-order valence-electron chi connectivity index (χ3n) is 1.66. The molecular formula is C10H22N2O. The Hall–Kier alpha value is -0.570. The Balaban J connectivity index is 3.88. The molecule has 0 aromatic carbocycles. The second-order valence-corrected chi connectivity index (χ2v) is 4.79. The summed E-state index contributed by atoms with van der Waals surface area (Å²) >= 11 is 0. The normalized spacial score (nSPS) is 14.0. The van der Waals surface area contributed by atoms with Crippen molar-refractivity contribution < 1.29 is 4.79 Å². The third-order valence-corrected chi connectivity index (χ3v) is 1.66. The first-order valence-corrected chi connectivity index (χ1v) is 4.70. The van der Waals surface area contributed by atoms with E-state index < -0.39 is 0 Å². The van der Waals surface area contributed by atoms with Crippen molar-refractivity contribution in [2.75, 3.05) is 14.1 Å². The third kappa shape index (κ3) is 6.58. The average Bonchev–Trinajstić information content (AvgIpc) is 1.81. The van der Waals surface area contributed by atoms with Gasteiger partial charge in [0.15, 0.2) is 0 Å². The number of carbonyl (C=O) groups is 1. The summed E-state index contributed by atoms with van der Waals surface area (Å²) in [6.45, 7) is 8.34. The van der Waals surface area contributed by atoms with Crippen LogP contribution in [0, 0.1) is 0 Å². The molecule has 3 heteroatoms. The molecule has 0 spiro atoms. The summed E-state index contributed by atoms with van der Waals surface area (Å²) in [5.41, 5.74) is 0.0754. The quantitative estimate of drug-likeness (QED) is 0.719. The van der Waals surface area contributed by atoms with E-state index in [0.29, 0.717) is 6.42 Å². The Morgan fingerprint density at radius 3 is 2.15 bits per heavy atom. The van der Waals surface area contributed by atoms with Crippen LogP contribution in [-0.2, 0) is 4.79 Å². The van der Waals surface area contributed by atoms with Gasteiger partial charge < -0.3 is 10.2 Å². The van der Waals surface area contributed by atoms with E-state index in [1.165, 1.54) is 0 Å². The minimum Gasteiger partial charge on any atom is -0.349 e. The zero-order valence-electron chi connectivity index (χ0n) is 9.64. The molecule has 0 aliphatic heterocycles. The van der Waals surface area contributed by atoms with Crippen LogP contribution in [-0.4, -0.2) is 36.5 Å². The molecule has 0 heterocycles. The van der Waals surface area contributed by atoms with Gasteiger partial charge in [0.1, 0.15) is 0 Å². The number of nitrogens with zero attached hydrogens (tertiary/aromatic N) is 1. The van der Waals surface area contributed by atoms with Crippen LogP contribution in [0.1, 0.15) is 34.1 Å². The molecule has 0 fully saturated rings. The molecular weight excluding hydrogens is 164 g/mol. The molecule has 0 aromatic rings. The lowest BCUT2D eigenvalue weighted by Gasteiger charge is -2.26. The van der Waals surface area contributed by atoms with E-state index in [-0.39, 0.29) is 17.5 Å². The Morgan fingerprint density at radius 2 is 1.85 bits per heavy atom. The molecule has 78 valence electrons. The van der Waals surface area contributed by atoms with Crippen molar-refractivity contribution in [3.63, 3.8) is 0 Å². The molecule has 0 aliphatic rings. The van der Waals surface area contributed by atoms with Gasteiger partial charge in [0.2, 0.25) is 5.91 Å². The van der Waals surface area contributed by atoms with Crippen LogP contribution in [0.5, 0.6) is 0 Å². The topological polar surface area (TPSA) is 32.3 Å².